The van der Waals surface area contributed by atoms with E-state index >= 15 is 0 Å². The van der Waals surface area contributed by atoms with Crippen LogP contribution in [0.5, 0.6) is 0 Å². The summed E-state index contributed by atoms with van der Waals surface area (Å²) in [7, 11) is -0.572. The standard InChI is InChI=1S/C21H24F5N4OP/c1-19(9-20(22,23)10-19)11-30-17(15(21(24,25)26)16(29-30)12-4-5-12)18(31)28-13-6-7-27-14(8-13)32(2)3/h6-8,12H,4-5,9-11H2,1-3H3,(H,27,28,31). The highest BCUT2D eigenvalue weighted by Gasteiger charge is 2.55. The highest BCUT2D eigenvalue weighted by molar-refractivity contribution is 7.63. The molecule has 0 bridgehead atoms. The molecule has 1 amide bonds. The molecule has 5 nitrogen and oxygen atoms in total. The van der Waals surface area contributed by atoms with Crippen molar-refractivity contribution in [3.05, 3.63) is 35.3 Å². The quantitative estimate of drug-likeness (QED) is 0.461. The fourth-order valence-electron chi connectivity index (χ4n) is 4.35. The first-order valence-corrected chi connectivity index (χ1v) is 12.5. The van der Waals surface area contributed by atoms with E-state index in [-0.39, 0.29) is 18.2 Å². The molecule has 0 aliphatic heterocycles. The molecule has 0 aromatic carbocycles. The van der Waals surface area contributed by atoms with Gasteiger partial charge >= 0.3 is 6.18 Å². The molecule has 2 aromatic rings. The van der Waals surface area contributed by atoms with Crippen molar-refractivity contribution in [2.45, 2.75) is 57.2 Å². The Balaban J connectivity index is 1.73. The van der Waals surface area contributed by atoms with Crippen LogP contribution in [-0.2, 0) is 12.7 Å². The zero-order valence-corrected chi connectivity index (χ0v) is 18.8. The van der Waals surface area contributed by atoms with Gasteiger partial charge in [0.2, 0.25) is 5.92 Å². The minimum absolute atomic E-state index is 0.168. The Bertz CT molecular complexity index is 1040. The SMILES string of the molecule is CP(C)c1cc(NC(=O)c2c(C(F)(F)F)c(C3CC3)nn2CC2(C)CC(F)(F)C2)ccn1. The number of nitrogens with zero attached hydrogens (tertiary/aromatic N) is 3. The molecule has 1 N–H and O–H groups in total. The van der Waals surface area contributed by atoms with Crippen LogP contribution >= 0.6 is 7.92 Å². The molecule has 2 aromatic heterocycles. The molecule has 0 saturated heterocycles. The van der Waals surface area contributed by atoms with Gasteiger partial charge in [-0.15, -0.1) is 0 Å². The first-order valence-electron chi connectivity index (χ1n) is 10.3. The zero-order valence-electron chi connectivity index (χ0n) is 17.9. The molecular weight excluding hydrogens is 450 g/mol. The molecule has 2 aliphatic rings. The Morgan fingerprint density at radius 3 is 2.47 bits per heavy atom. The molecule has 2 aliphatic carbocycles. The molecule has 0 unspecified atom stereocenters. The van der Waals surface area contributed by atoms with Crippen molar-refractivity contribution in [3.63, 3.8) is 0 Å². The van der Waals surface area contributed by atoms with Gasteiger partial charge in [-0.2, -0.15) is 18.3 Å². The molecule has 2 heterocycles. The first kappa shape index (κ1) is 23.1. The lowest BCUT2D eigenvalue weighted by Crippen LogP contribution is -2.47. The minimum atomic E-state index is -4.79. The summed E-state index contributed by atoms with van der Waals surface area (Å²) < 4.78 is 70.2. The van der Waals surface area contributed by atoms with Crippen molar-refractivity contribution in [2.24, 2.45) is 5.41 Å². The predicted molar refractivity (Wildman–Crippen MR) is 112 cm³/mol. The van der Waals surface area contributed by atoms with Gasteiger partial charge in [0.1, 0.15) is 11.3 Å². The number of nitrogens with one attached hydrogen (secondary N) is 1. The fourth-order valence-corrected chi connectivity index (χ4v) is 5.04. The number of anilines is 1. The summed E-state index contributed by atoms with van der Waals surface area (Å²) in [5, 5.41) is 6.68. The van der Waals surface area contributed by atoms with E-state index in [0.717, 1.165) is 10.1 Å². The summed E-state index contributed by atoms with van der Waals surface area (Å²) in [4.78, 5) is 17.3. The number of hydrogen-bond acceptors (Lipinski definition) is 3. The number of halogens is 5. The normalized spacial score (nSPS) is 19.7. The Labute approximate surface area is 183 Å². The monoisotopic (exact) mass is 474 g/mol. The Morgan fingerprint density at radius 1 is 1.28 bits per heavy atom. The lowest BCUT2D eigenvalue weighted by atomic mass is 9.67. The van der Waals surface area contributed by atoms with E-state index in [1.165, 1.54) is 12.3 Å². The fraction of sp³-hybridized carbons (Fsp3) is 0.571. The molecular formula is C21H24F5N4OP. The topological polar surface area (TPSA) is 59.8 Å². The summed E-state index contributed by atoms with van der Waals surface area (Å²) in [5.41, 5.74) is -1.72. The summed E-state index contributed by atoms with van der Waals surface area (Å²) in [6.45, 7) is 5.34. The van der Waals surface area contributed by atoms with Crippen LogP contribution < -0.4 is 10.8 Å². The van der Waals surface area contributed by atoms with Crippen LogP contribution in [0.1, 0.15) is 60.3 Å². The molecule has 2 saturated carbocycles. The van der Waals surface area contributed by atoms with Gasteiger partial charge in [-0.25, -0.2) is 8.78 Å². The molecule has 0 radical (unpaired) electrons. The average Bonchev–Trinajstić information content (AvgIpc) is 3.40. The van der Waals surface area contributed by atoms with Crippen LogP contribution in [0.15, 0.2) is 18.3 Å². The maximum absolute atomic E-state index is 14.1. The summed E-state index contributed by atoms with van der Waals surface area (Å²) in [6, 6.07) is 3.14. The third kappa shape index (κ3) is 4.65. The molecule has 11 heteroatoms. The highest BCUT2D eigenvalue weighted by Crippen LogP contribution is 2.53. The molecule has 174 valence electrons. The smallest absolute Gasteiger partial charge is 0.321 e. The van der Waals surface area contributed by atoms with Gasteiger partial charge in [0.15, 0.2) is 0 Å². The number of hydrogen-bond donors (Lipinski definition) is 1. The van der Waals surface area contributed by atoms with E-state index in [1.807, 2.05) is 13.3 Å². The molecule has 2 fully saturated rings. The lowest BCUT2D eigenvalue weighted by molar-refractivity contribution is -0.160. The van der Waals surface area contributed by atoms with Gasteiger partial charge in [-0.1, -0.05) is 14.8 Å². The van der Waals surface area contributed by atoms with Crippen LogP contribution in [0.3, 0.4) is 0 Å². The van der Waals surface area contributed by atoms with Gasteiger partial charge in [-0.05, 0) is 43.7 Å². The van der Waals surface area contributed by atoms with E-state index in [9.17, 15) is 26.7 Å². The summed E-state index contributed by atoms with van der Waals surface area (Å²) in [5.74, 6) is -4.17. The van der Waals surface area contributed by atoms with Crippen molar-refractivity contribution in [2.75, 3.05) is 18.6 Å². The second-order valence-corrected chi connectivity index (χ2v) is 11.6. The van der Waals surface area contributed by atoms with Crippen molar-refractivity contribution in [1.29, 1.82) is 0 Å². The molecule has 0 atom stereocenters. The highest BCUT2D eigenvalue weighted by atomic mass is 31.1. The third-order valence-electron chi connectivity index (χ3n) is 5.81. The number of carbonyl (C=O) groups is 1. The minimum Gasteiger partial charge on any atom is -0.321 e. The largest absolute Gasteiger partial charge is 0.420 e. The van der Waals surface area contributed by atoms with Crippen molar-refractivity contribution >= 4 is 25.0 Å². The number of alkyl halides is 5. The van der Waals surface area contributed by atoms with Crippen LogP contribution in [0.25, 0.3) is 0 Å². The van der Waals surface area contributed by atoms with Crippen LogP contribution in [0.4, 0.5) is 27.6 Å². The molecule has 4 rings (SSSR count). The second kappa shape index (κ2) is 7.75. The van der Waals surface area contributed by atoms with Gasteiger partial charge in [0.25, 0.3) is 5.91 Å². The van der Waals surface area contributed by atoms with Gasteiger partial charge in [0.05, 0.1) is 11.1 Å². The number of rotatable bonds is 6. The van der Waals surface area contributed by atoms with Crippen LogP contribution in [0.2, 0.25) is 0 Å². The van der Waals surface area contributed by atoms with E-state index in [4.69, 9.17) is 0 Å². The molecule has 32 heavy (non-hydrogen) atoms. The van der Waals surface area contributed by atoms with Crippen LogP contribution in [-0.4, -0.2) is 39.9 Å². The Hall–Kier alpha value is -2.09. The number of pyridine rings is 1. The van der Waals surface area contributed by atoms with Crippen molar-refractivity contribution in [3.8, 4) is 0 Å². The van der Waals surface area contributed by atoms with E-state index in [1.54, 1.807) is 13.0 Å². The maximum Gasteiger partial charge on any atom is 0.420 e. The van der Waals surface area contributed by atoms with E-state index < -0.39 is 55.4 Å². The van der Waals surface area contributed by atoms with Gasteiger partial charge in [0, 0.05) is 37.2 Å². The number of amides is 1. The Morgan fingerprint density at radius 2 is 1.94 bits per heavy atom. The third-order valence-corrected chi connectivity index (χ3v) is 6.97. The Kier molecular flexibility index (Phi) is 5.59. The van der Waals surface area contributed by atoms with Crippen molar-refractivity contribution < 1.29 is 26.7 Å². The number of aromatic nitrogens is 3. The second-order valence-electron chi connectivity index (χ2n) is 9.31. The summed E-state index contributed by atoms with van der Waals surface area (Å²) >= 11 is 0. The van der Waals surface area contributed by atoms with Gasteiger partial charge in [-0.3, -0.25) is 14.5 Å². The first-order chi connectivity index (χ1) is 14.8. The summed E-state index contributed by atoms with van der Waals surface area (Å²) in [6.07, 6.45) is -3.10. The maximum atomic E-state index is 14.1. The van der Waals surface area contributed by atoms with E-state index in [0.29, 0.717) is 18.5 Å². The zero-order chi connectivity index (χ0) is 23.5. The average molecular weight is 474 g/mol. The molecule has 0 spiro atoms. The van der Waals surface area contributed by atoms with Crippen LogP contribution in [0, 0.1) is 5.41 Å². The lowest BCUT2D eigenvalue weighted by Gasteiger charge is -2.44. The van der Waals surface area contributed by atoms with Gasteiger partial charge < -0.3 is 5.32 Å². The number of carbonyl (C=O) groups excluding carboxylic acids is 1. The predicted octanol–water partition coefficient (Wildman–Crippen LogP) is 5.23. The van der Waals surface area contributed by atoms with Crippen molar-refractivity contribution in [1.82, 2.24) is 14.8 Å². The van der Waals surface area contributed by atoms with E-state index in [2.05, 4.69) is 15.4 Å².